The fourth-order valence-corrected chi connectivity index (χ4v) is 1.67. The number of fused-ring (bicyclic) bond motifs is 1. The van der Waals surface area contributed by atoms with Crippen LogP contribution in [0.1, 0.15) is 6.92 Å². The Balaban J connectivity index is 2.30. The summed E-state index contributed by atoms with van der Waals surface area (Å²) in [6, 6.07) is -0.563. The summed E-state index contributed by atoms with van der Waals surface area (Å²) in [6.07, 6.45) is -1.17. The van der Waals surface area contributed by atoms with Crippen molar-refractivity contribution in [1.82, 2.24) is 9.97 Å². The maximum absolute atomic E-state index is 11.6. The molecule has 2 atom stereocenters. The van der Waals surface area contributed by atoms with E-state index in [0.717, 1.165) is 0 Å². The molecule has 92 valence electrons. The average Bonchev–Trinajstić information content (AvgIpc) is 2.27. The number of carbonyl (C=O) groups excluding carboxylic acids is 1. The molecule has 0 spiro atoms. The number of rotatable bonds is 2. The fraction of sp³-hybridized carbons (Fsp3) is 0.444. The molecule has 1 aliphatic heterocycles. The third-order valence-corrected chi connectivity index (χ3v) is 2.55. The number of carbonyl (C=O) groups is 1. The first-order valence-corrected chi connectivity index (χ1v) is 5.07. The topological polar surface area (TPSA) is 133 Å². The predicted octanol–water partition coefficient (Wildman–Crippen LogP) is -1.49. The third-order valence-electron chi connectivity index (χ3n) is 2.55. The van der Waals surface area contributed by atoms with E-state index in [1.807, 2.05) is 0 Å². The minimum Gasteiger partial charge on any atom is -0.383 e. The van der Waals surface area contributed by atoms with Gasteiger partial charge in [0.25, 0.3) is 5.56 Å². The van der Waals surface area contributed by atoms with Crippen LogP contribution in [0.2, 0.25) is 0 Å². The Kier molecular flexibility index (Phi) is 2.72. The number of aromatic amines is 1. The van der Waals surface area contributed by atoms with Crippen molar-refractivity contribution in [2.75, 3.05) is 22.9 Å². The Morgan fingerprint density at radius 1 is 1.65 bits per heavy atom. The molecule has 1 aromatic heterocycles. The number of aromatic nitrogens is 2. The van der Waals surface area contributed by atoms with Crippen molar-refractivity contribution in [3.63, 3.8) is 0 Å². The first-order chi connectivity index (χ1) is 7.99. The minimum atomic E-state index is -1.17. The van der Waals surface area contributed by atoms with Crippen molar-refractivity contribution in [2.24, 2.45) is 0 Å². The van der Waals surface area contributed by atoms with Crippen LogP contribution in [0, 0.1) is 0 Å². The number of hydrogen-bond donors (Lipinski definition) is 5. The van der Waals surface area contributed by atoms with E-state index in [1.54, 1.807) is 0 Å². The lowest BCUT2D eigenvalue weighted by Gasteiger charge is -2.29. The molecule has 17 heavy (non-hydrogen) atoms. The number of H-pyrrole nitrogens is 1. The van der Waals surface area contributed by atoms with E-state index in [4.69, 9.17) is 5.73 Å². The molecule has 2 rings (SSSR count). The van der Waals surface area contributed by atoms with Crippen molar-refractivity contribution in [3.8, 4) is 0 Å². The van der Waals surface area contributed by atoms with E-state index in [1.165, 1.54) is 6.92 Å². The maximum Gasteiger partial charge on any atom is 0.277 e. The van der Waals surface area contributed by atoms with Gasteiger partial charge >= 0.3 is 0 Å². The molecular formula is C9H13N5O3. The van der Waals surface area contributed by atoms with Crippen LogP contribution in [-0.2, 0) is 4.79 Å². The van der Waals surface area contributed by atoms with Crippen LogP contribution in [0.15, 0.2) is 4.79 Å². The molecule has 8 heteroatoms. The molecule has 0 amide bonds. The van der Waals surface area contributed by atoms with Gasteiger partial charge in [-0.15, -0.1) is 0 Å². The summed E-state index contributed by atoms with van der Waals surface area (Å²) < 4.78 is 0. The van der Waals surface area contributed by atoms with Gasteiger partial charge in [-0.2, -0.15) is 4.98 Å². The summed E-state index contributed by atoms with van der Waals surface area (Å²) in [5, 5.41) is 15.2. The number of hydrogen-bond acceptors (Lipinski definition) is 7. The van der Waals surface area contributed by atoms with Crippen LogP contribution in [0.3, 0.4) is 0 Å². The number of nitrogens with zero attached hydrogens (tertiary/aromatic N) is 1. The van der Waals surface area contributed by atoms with Gasteiger partial charge < -0.3 is 21.5 Å². The lowest BCUT2D eigenvalue weighted by molar-refractivity contribution is -0.125. The van der Waals surface area contributed by atoms with Crippen LogP contribution < -0.4 is 21.9 Å². The van der Waals surface area contributed by atoms with E-state index in [-0.39, 0.29) is 24.0 Å². The van der Waals surface area contributed by atoms with E-state index < -0.39 is 17.7 Å². The Morgan fingerprint density at radius 3 is 3.00 bits per heavy atom. The summed E-state index contributed by atoms with van der Waals surface area (Å²) in [7, 11) is 0. The van der Waals surface area contributed by atoms with E-state index in [2.05, 4.69) is 20.6 Å². The summed E-state index contributed by atoms with van der Waals surface area (Å²) in [6.45, 7) is 1.57. The molecule has 8 nitrogen and oxygen atoms in total. The second-order valence-corrected chi connectivity index (χ2v) is 3.86. The SMILES string of the molecule is CC(=O)[C@@H](O)C1CNc2nc(N)[nH]c(=O)c2N1. The number of Topliss-reactive ketones (excluding diaryl/α,β-unsaturated/α-hetero) is 1. The molecule has 0 aromatic carbocycles. The summed E-state index contributed by atoms with van der Waals surface area (Å²) >= 11 is 0. The summed E-state index contributed by atoms with van der Waals surface area (Å²) in [5.74, 6) is -0.0422. The molecule has 2 heterocycles. The molecule has 0 saturated heterocycles. The predicted molar refractivity (Wildman–Crippen MR) is 61.9 cm³/mol. The zero-order valence-electron chi connectivity index (χ0n) is 9.15. The Hall–Kier alpha value is -2.09. The van der Waals surface area contributed by atoms with Gasteiger partial charge in [-0.05, 0) is 6.92 Å². The zero-order chi connectivity index (χ0) is 12.6. The first kappa shape index (κ1) is 11.4. The van der Waals surface area contributed by atoms with Crippen LogP contribution in [-0.4, -0.2) is 39.5 Å². The average molecular weight is 239 g/mol. The number of anilines is 3. The molecule has 0 saturated carbocycles. The zero-order valence-corrected chi connectivity index (χ0v) is 9.15. The summed E-state index contributed by atoms with van der Waals surface area (Å²) in [5.41, 5.74) is 5.12. The van der Waals surface area contributed by atoms with Gasteiger partial charge in [0.2, 0.25) is 5.95 Å². The van der Waals surface area contributed by atoms with E-state index >= 15 is 0 Å². The highest BCUT2D eigenvalue weighted by Crippen LogP contribution is 2.20. The largest absolute Gasteiger partial charge is 0.383 e. The smallest absolute Gasteiger partial charge is 0.277 e. The highest BCUT2D eigenvalue weighted by Gasteiger charge is 2.29. The van der Waals surface area contributed by atoms with E-state index in [0.29, 0.717) is 5.82 Å². The van der Waals surface area contributed by atoms with Crippen molar-refractivity contribution in [3.05, 3.63) is 10.4 Å². The fourth-order valence-electron chi connectivity index (χ4n) is 1.67. The van der Waals surface area contributed by atoms with Crippen molar-refractivity contribution in [1.29, 1.82) is 0 Å². The van der Waals surface area contributed by atoms with Gasteiger partial charge in [0.15, 0.2) is 11.6 Å². The van der Waals surface area contributed by atoms with Gasteiger partial charge in [-0.1, -0.05) is 0 Å². The molecular weight excluding hydrogens is 226 g/mol. The van der Waals surface area contributed by atoms with Crippen LogP contribution >= 0.6 is 0 Å². The highest BCUT2D eigenvalue weighted by molar-refractivity contribution is 5.82. The van der Waals surface area contributed by atoms with E-state index in [9.17, 15) is 14.7 Å². The van der Waals surface area contributed by atoms with Gasteiger partial charge in [-0.25, -0.2) is 0 Å². The molecule has 1 aromatic rings. The van der Waals surface area contributed by atoms with Crippen LogP contribution in [0.4, 0.5) is 17.5 Å². The second kappa shape index (κ2) is 4.06. The molecule has 0 radical (unpaired) electrons. The number of nitrogen functional groups attached to an aromatic ring is 1. The van der Waals surface area contributed by atoms with Gasteiger partial charge in [0, 0.05) is 6.54 Å². The minimum absolute atomic E-state index is 0.00798. The lowest BCUT2D eigenvalue weighted by atomic mass is 10.1. The number of nitrogens with two attached hydrogens (primary N) is 1. The van der Waals surface area contributed by atoms with Crippen LogP contribution in [0.25, 0.3) is 0 Å². The van der Waals surface area contributed by atoms with Gasteiger partial charge in [-0.3, -0.25) is 14.6 Å². The molecule has 0 fully saturated rings. The number of ketones is 1. The normalized spacial score (nSPS) is 19.8. The van der Waals surface area contributed by atoms with Crippen molar-refractivity contribution < 1.29 is 9.90 Å². The van der Waals surface area contributed by atoms with Crippen LogP contribution in [0.5, 0.6) is 0 Å². The second-order valence-electron chi connectivity index (χ2n) is 3.86. The van der Waals surface area contributed by atoms with Crippen molar-refractivity contribution in [2.45, 2.75) is 19.1 Å². The first-order valence-electron chi connectivity index (χ1n) is 5.07. The van der Waals surface area contributed by atoms with Crippen molar-refractivity contribution >= 4 is 23.2 Å². The third kappa shape index (κ3) is 2.07. The molecule has 0 bridgehead atoms. The number of nitrogens with one attached hydrogen (secondary N) is 3. The number of aliphatic hydroxyl groups excluding tert-OH is 1. The lowest BCUT2D eigenvalue weighted by Crippen LogP contribution is -2.47. The molecule has 1 unspecified atom stereocenters. The summed E-state index contributed by atoms with van der Waals surface area (Å²) in [4.78, 5) is 28.9. The Bertz CT molecular complexity index is 512. The monoisotopic (exact) mass is 239 g/mol. The Morgan fingerprint density at radius 2 is 2.35 bits per heavy atom. The molecule has 6 N–H and O–H groups in total. The quantitative estimate of drug-likeness (QED) is 0.424. The molecule has 1 aliphatic rings. The highest BCUT2D eigenvalue weighted by atomic mass is 16.3. The number of aliphatic hydroxyl groups is 1. The van der Waals surface area contributed by atoms with Gasteiger partial charge in [0.05, 0.1) is 6.04 Å². The molecule has 0 aliphatic carbocycles. The standard InChI is InChI=1S/C9H13N5O3/c1-3(15)6(16)4-2-11-7-5(12-4)8(17)14-9(10)13-7/h4,6,12,16H,2H2,1H3,(H4,10,11,13,14,17)/t4?,6-/m1/s1. The maximum atomic E-state index is 11.6. The van der Waals surface area contributed by atoms with Gasteiger partial charge in [0.1, 0.15) is 11.8 Å². The Labute approximate surface area is 96.2 Å².